The average Bonchev–Trinajstić information content (AvgIpc) is 2.86. The lowest BCUT2D eigenvalue weighted by Crippen LogP contribution is -2.24. The minimum absolute atomic E-state index is 0.102. The molecule has 1 amide bonds. The number of unbranched alkanes of at least 4 members (excludes halogenated alkanes) is 2. The van der Waals surface area contributed by atoms with Crippen molar-refractivity contribution in [2.75, 3.05) is 6.54 Å². The summed E-state index contributed by atoms with van der Waals surface area (Å²) in [7, 11) is 0. The van der Waals surface area contributed by atoms with Gasteiger partial charge in [-0.2, -0.15) is 0 Å². The maximum atomic E-state index is 11.9. The summed E-state index contributed by atoms with van der Waals surface area (Å²) in [5.41, 5.74) is 1.53. The van der Waals surface area contributed by atoms with Crippen LogP contribution in [0.2, 0.25) is 0 Å². The van der Waals surface area contributed by atoms with Crippen molar-refractivity contribution in [2.24, 2.45) is 0 Å². The van der Waals surface area contributed by atoms with Crippen molar-refractivity contribution in [2.45, 2.75) is 25.7 Å². The van der Waals surface area contributed by atoms with E-state index in [1.165, 1.54) is 0 Å². The molecule has 4 nitrogen and oxygen atoms in total. The van der Waals surface area contributed by atoms with Crippen molar-refractivity contribution in [1.29, 1.82) is 0 Å². The summed E-state index contributed by atoms with van der Waals surface area (Å²) < 4.78 is 0. The second kappa shape index (κ2) is 7.10. The third kappa shape index (κ3) is 4.10. The summed E-state index contributed by atoms with van der Waals surface area (Å²) in [4.78, 5) is 25.6. The number of hydrogen-bond acceptors (Lipinski definition) is 2. The van der Waals surface area contributed by atoms with Crippen LogP contribution in [0.5, 0.6) is 0 Å². The van der Waals surface area contributed by atoms with Crippen LogP contribution in [0.25, 0.3) is 10.9 Å². The number of nitrogens with one attached hydrogen (secondary N) is 2. The van der Waals surface area contributed by atoms with Crippen molar-refractivity contribution in [1.82, 2.24) is 10.3 Å². The molecular formula is C15H17ClN2O2. The van der Waals surface area contributed by atoms with E-state index < -0.39 is 0 Å². The molecule has 20 heavy (non-hydrogen) atoms. The SMILES string of the molecule is O=C(Cl)CCCCCNC(=O)c1cc2ccccc2[nH]1. The second-order valence-corrected chi connectivity index (χ2v) is 5.11. The number of hydrogen-bond donors (Lipinski definition) is 2. The van der Waals surface area contributed by atoms with Gasteiger partial charge in [0, 0.05) is 23.9 Å². The Kier molecular flexibility index (Phi) is 5.18. The van der Waals surface area contributed by atoms with Crippen LogP contribution in [0.3, 0.4) is 0 Å². The van der Waals surface area contributed by atoms with Crippen LogP contribution in [0, 0.1) is 0 Å². The van der Waals surface area contributed by atoms with E-state index in [1.807, 2.05) is 30.3 Å². The number of para-hydroxylation sites is 1. The summed E-state index contributed by atoms with van der Waals surface area (Å²) in [6.45, 7) is 0.602. The van der Waals surface area contributed by atoms with E-state index in [0.29, 0.717) is 18.7 Å². The number of carbonyl (C=O) groups excluding carboxylic acids is 2. The number of aromatic nitrogens is 1. The van der Waals surface area contributed by atoms with Gasteiger partial charge in [-0.25, -0.2) is 0 Å². The standard InChI is InChI=1S/C15H17ClN2O2/c16-14(19)8-2-1-5-9-17-15(20)13-10-11-6-3-4-7-12(11)18-13/h3-4,6-7,10,18H,1-2,5,8-9H2,(H,17,20). The molecule has 5 heteroatoms. The largest absolute Gasteiger partial charge is 0.351 e. The van der Waals surface area contributed by atoms with Gasteiger partial charge in [0.05, 0.1) is 0 Å². The van der Waals surface area contributed by atoms with Gasteiger partial charge < -0.3 is 10.3 Å². The fourth-order valence-electron chi connectivity index (χ4n) is 2.06. The fraction of sp³-hybridized carbons (Fsp3) is 0.333. The average molecular weight is 293 g/mol. The van der Waals surface area contributed by atoms with E-state index >= 15 is 0 Å². The molecule has 0 aliphatic carbocycles. The van der Waals surface area contributed by atoms with Gasteiger partial charge in [0.1, 0.15) is 5.69 Å². The van der Waals surface area contributed by atoms with Crippen LogP contribution in [-0.4, -0.2) is 22.7 Å². The van der Waals surface area contributed by atoms with E-state index in [4.69, 9.17) is 11.6 Å². The lowest BCUT2D eigenvalue weighted by molar-refractivity contribution is -0.111. The first-order valence-corrected chi connectivity index (χ1v) is 7.09. The molecule has 0 bridgehead atoms. The molecule has 1 aromatic heterocycles. The predicted octanol–water partition coefficient (Wildman–Crippen LogP) is 3.22. The Morgan fingerprint density at radius 3 is 2.70 bits per heavy atom. The van der Waals surface area contributed by atoms with Crippen LogP contribution in [-0.2, 0) is 4.79 Å². The molecule has 0 radical (unpaired) electrons. The molecule has 2 N–H and O–H groups in total. The van der Waals surface area contributed by atoms with Crippen molar-refractivity contribution in [3.8, 4) is 0 Å². The smallest absolute Gasteiger partial charge is 0.267 e. The van der Waals surface area contributed by atoms with Gasteiger partial charge in [0.15, 0.2) is 0 Å². The normalized spacial score (nSPS) is 10.7. The summed E-state index contributed by atoms with van der Waals surface area (Å²) in [6.07, 6.45) is 2.89. The molecule has 1 aromatic carbocycles. The summed E-state index contributed by atoms with van der Waals surface area (Å²) in [5.74, 6) is -0.102. The molecule has 1 heterocycles. The summed E-state index contributed by atoms with van der Waals surface area (Å²) >= 11 is 5.25. The van der Waals surface area contributed by atoms with E-state index in [-0.39, 0.29) is 11.1 Å². The van der Waals surface area contributed by atoms with Gasteiger partial charge in [-0.15, -0.1) is 0 Å². The van der Waals surface area contributed by atoms with Crippen LogP contribution in [0.4, 0.5) is 0 Å². The molecule has 0 unspecified atom stereocenters. The highest BCUT2D eigenvalue weighted by Gasteiger charge is 2.08. The van der Waals surface area contributed by atoms with Crippen molar-refractivity contribution in [3.63, 3.8) is 0 Å². The lowest BCUT2D eigenvalue weighted by Gasteiger charge is -2.03. The number of carbonyl (C=O) groups is 2. The fourth-order valence-corrected chi connectivity index (χ4v) is 2.19. The minimum Gasteiger partial charge on any atom is -0.351 e. The Bertz CT molecular complexity index is 574. The molecule has 0 atom stereocenters. The molecule has 0 saturated heterocycles. The third-order valence-electron chi connectivity index (χ3n) is 3.11. The molecule has 0 aliphatic rings. The molecule has 2 rings (SSSR count). The van der Waals surface area contributed by atoms with E-state index in [0.717, 1.165) is 30.2 Å². The lowest BCUT2D eigenvalue weighted by atomic mass is 10.2. The van der Waals surface area contributed by atoms with Gasteiger partial charge >= 0.3 is 0 Å². The van der Waals surface area contributed by atoms with Crippen molar-refractivity contribution >= 4 is 33.7 Å². The van der Waals surface area contributed by atoms with Gasteiger partial charge in [-0.1, -0.05) is 24.6 Å². The first-order valence-electron chi connectivity index (χ1n) is 6.71. The van der Waals surface area contributed by atoms with Gasteiger partial charge in [-0.05, 0) is 36.6 Å². The van der Waals surface area contributed by atoms with Gasteiger partial charge in [0.2, 0.25) is 5.24 Å². The molecule has 2 aromatic rings. The first-order chi connectivity index (χ1) is 9.66. The second-order valence-electron chi connectivity index (χ2n) is 4.69. The molecule has 0 aliphatic heterocycles. The van der Waals surface area contributed by atoms with Crippen LogP contribution < -0.4 is 5.32 Å². The molecule has 0 spiro atoms. The molecule has 0 fully saturated rings. The Morgan fingerprint density at radius 2 is 1.95 bits per heavy atom. The zero-order chi connectivity index (χ0) is 14.4. The van der Waals surface area contributed by atoms with E-state index in [1.54, 1.807) is 0 Å². The van der Waals surface area contributed by atoms with Crippen LogP contribution >= 0.6 is 11.6 Å². The number of aromatic amines is 1. The Morgan fingerprint density at radius 1 is 1.15 bits per heavy atom. The Labute approximate surface area is 122 Å². The number of rotatable bonds is 7. The first kappa shape index (κ1) is 14.6. The van der Waals surface area contributed by atoms with Gasteiger partial charge in [-0.3, -0.25) is 9.59 Å². The zero-order valence-electron chi connectivity index (χ0n) is 11.1. The number of H-pyrrole nitrogens is 1. The highest BCUT2D eigenvalue weighted by Crippen LogP contribution is 2.14. The van der Waals surface area contributed by atoms with Crippen LogP contribution in [0.1, 0.15) is 36.2 Å². The zero-order valence-corrected chi connectivity index (χ0v) is 11.9. The number of benzene rings is 1. The van der Waals surface area contributed by atoms with Crippen LogP contribution in [0.15, 0.2) is 30.3 Å². The summed E-state index contributed by atoms with van der Waals surface area (Å²) in [5, 5.41) is 3.59. The van der Waals surface area contributed by atoms with E-state index in [9.17, 15) is 9.59 Å². The monoisotopic (exact) mass is 292 g/mol. The highest BCUT2D eigenvalue weighted by atomic mass is 35.5. The van der Waals surface area contributed by atoms with E-state index in [2.05, 4.69) is 10.3 Å². The summed E-state index contributed by atoms with van der Waals surface area (Å²) in [6, 6.07) is 9.62. The maximum Gasteiger partial charge on any atom is 0.267 e. The van der Waals surface area contributed by atoms with Gasteiger partial charge in [0.25, 0.3) is 5.91 Å². The maximum absolute atomic E-state index is 11.9. The Hall–Kier alpha value is -1.81. The Balaban J connectivity index is 1.76. The topological polar surface area (TPSA) is 62.0 Å². The molecular weight excluding hydrogens is 276 g/mol. The quantitative estimate of drug-likeness (QED) is 0.608. The molecule has 106 valence electrons. The predicted molar refractivity (Wildman–Crippen MR) is 80.0 cm³/mol. The highest BCUT2D eigenvalue weighted by molar-refractivity contribution is 6.63. The number of halogens is 1. The third-order valence-corrected chi connectivity index (χ3v) is 3.30. The van der Waals surface area contributed by atoms with Crippen molar-refractivity contribution in [3.05, 3.63) is 36.0 Å². The number of amides is 1. The minimum atomic E-state index is -0.299. The van der Waals surface area contributed by atoms with Crippen molar-refractivity contribution < 1.29 is 9.59 Å². The molecule has 0 saturated carbocycles. The number of fused-ring (bicyclic) bond motifs is 1.